The summed E-state index contributed by atoms with van der Waals surface area (Å²) >= 11 is 0. The fourth-order valence-corrected chi connectivity index (χ4v) is 2.49. The minimum Gasteiger partial charge on any atom is -0.484 e. The van der Waals surface area contributed by atoms with E-state index in [-0.39, 0.29) is 24.4 Å². The van der Waals surface area contributed by atoms with Gasteiger partial charge in [0.05, 0.1) is 0 Å². The van der Waals surface area contributed by atoms with Crippen molar-refractivity contribution in [3.05, 3.63) is 65.5 Å². The Labute approximate surface area is 147 Å². The highest BCUT2D eigenvalue weighted by molar-refractivity contribution is 5.78. The predicted molar refractivity (Wildman–Crippen MR) is 94.8 cm³/mol. The first-order valence-corrected chi connectivity index (χ1v) is 8.60. The van der Waals surface area contributed by atoms with Crippen LogP contribution >= 0.6 is 0 Å². The summed E-state index contributed by atoms with van der Waals surface area (Å²) < 4.78 is 18.4. The van der Waals surface area contributed by atoms with Crippen molar-refractivity contribution in [1.82, 2.24) is 10.6 Å². The molecule has 2 aromatic rings. The number of halogens is 1. The lowest BCUT2D eigenvalue weighted by Crippen LogP contribution is -2.30. The van der Waals surface area contributed by atoms with E-state index in [1.165, 1.54) is 12.1 Å². The highest BCUT2D eigenvalue weighted by Gasteiger charge is 2.23. The van der Waals surface area contributed by atoms with Crippen molar-refractivity contribution in [1.29, 1.82) is 0 Å². The minimum absolute atomic E-state index is 0.0498. The van der Waals surface area contributed by atoms with E-state index in [0.29, 0.717) is 18.3 Å². The van der Waals surface area contributed by atoms with Crippen molar-refractivity contribution in [2.45, 2.75) is 38.4 Å². The second-order valence-electron chi connectivity index (χ2n) is 6.43. The number of hydrogen-bond acceptors (Lipinski definition) is 3. The van der Waals surface area contributed by atoms with E-state index in [1.54, 1.807) is 12.1 Å². The average Bonchev–Trinajstić information content (AvgIpc) is 3.43. The SMILES string of the molecule is C[C@@H](NCc1ccc(F)cc1)c1ccc(OCC(=O)NC2CC2)cc1. The van der Waals surface area contributed by atoms with Gasteiger partial charge in [-0.3, -0.25) is 4.79 Å². The maximum absolute atomic E-state index is 12.9. The number of rotatable bonds is 8. The zero-order valence-corrected chi connectivity index (χ0v) is 14.3. The molecule has 132 valence electrons. The normalized spacial score (nSPS) is 14.8. The molecule has 2 aromatic carbocycles. The van der Waals surface area contributed by atoms with E-state index >= 15 is 0 Å². The molecule has 4 nitrogen and oxygen atoms in total. The Hall–Kier alpha value is -2.40. The highest BCUT2D eigenvalue weighted by atomic mass is 19.1. The van der Waals surface area contributed by atoms with Crippen molar-refractivity contribution in [3.63, 3.8) is 0 Å². The molecule has 0 heterocycles. The summed E-state index contributed by atoms with van der Waals surface area (Å²) in [5.41, 5.74) is 2.16. The van der Waals surface area contributed by atoms with Crippen LogP contribution < -0.4 is 15.4 Å². The van der Waals surface area contributed by atoms with Crippen LogP contribution in [-0.2, 0) is 11.3 Å². The molecule has 3 rings (SSSR count). The Balaban J connectivity index is 1.45. The quantitative estimate of drug-likeness (QED) is 0.774. The first-order chi connectivity index (χ1) is 12.1. The summed E-state index contributed by atoms with van der Waals surface area (Å²) in [6.07, 6.45) is 2.15. The van der Waals surface area contributed by atoms with Gasteiger partial charge in [0, 0.05) is 18.6 Å². The van der Waals surface area contributed by atoms with E-state index in [1.807, 2.05) is 24.3 Å². The predicted octanol–water partition coefficient (Wildman–Crippen LogP) is 3.33. The van der Waals surface area contributed by atoms with Gasteiger partial charge in [0.25, 0.3) is 5.91 Å². The van der Waals surface area contributed by atoms with Crippen LogP contribution in [0.4, 0.5) is 4.39 Å². The third-order valence-corrected chi connectivity index (χ3v) is 4.22. The Morgan fingerprint density at radius 2 is 1.84 bits per heavy atom. The van der Waals surface area contributed by atoms with Crippen molar-refractivity contribution >= 4 is 5.91 Å². The smallest absolute Gasteiger partial charge is 0.258 e. The number of ether oxygens (including phenoxy) is 1. The maximum Gasteiger partial charge on any atom is 0.258 e. The molecule has 1 saturated carbocycles. The molecule has 0 aliphatic heterocycles. The van der Waals surface area contributed by atoms with Crippen molar-refractivity contribution in [2.75, 3.05) is 6.61 Å². The Morgan fingerprint density at radius 3 is 2.48 bits per heavy atom. The molecule has 0 radical (unpaired) electrons. The van der Waals surface area contributed by atoms with E-state index in [9.17, 15) is 9.18 Å². The van der Waals surface area contributed by atoms with Crippen LogP contribution in [0.2, 0.25) is 0 Å². The van der Waals surface area contributed by atoms with Gasteiger partial charge in [0.15, 0.2) is 6.61 Å². The zero-order valence-electron chi connectivity index (χ0n) is 14.3. The lowest BCUT2D eigenvalue weighted by atomic mass is 10.1. The van der Waals surface area contributed by atoms with E-state index in [2.05, 4.69) is 17.6 Å². The van der Waals surface area contributed by atoms with Gasteiger partial charge in [0.1, 0.15) is 11.6 Å². The molecular weight excluding hydrogens is 319 g/mol. The van der Waals surface area contributed by atoms with Crippen LogP contribution in [0.5, 0.6) is 5.75 Å². The minimum atomic E-state index is -0.224. The van der Waals surface area contributed by atoms with Gasteiger partial charge in [-0.05, 0) is 55.2 Å². The number of hydrogen-bond donors (Lipinski definition) is 2. The molecule has 5 heteroatoms. The Bertz CT molecular complexity index is 697. The Kier molecular flexibility index (Phi) is 5.66. The number of amides is 1. The number of nitrogens with one attached hydrogen (secondary N) is 2. The first-order valence-electron chi connectivity index (χ1n) is 8.60. The third-order valence-electron chi connectivity index (χ3n) is 4.22. The molecule has 1 atom stereocenters. The Morgan fingerprint density at radius 1 is 1.16 bits per heavy atom. The van der Waals surface area contributed by atoms with Crippen LogP contribution in [0.25, 0.3) is 0 Å². The van der Waals surface area contributed by atoms with Crippen LogP contribution in [0.3, 0.4) is 0 Å². The third kappa shape index (κ3) is 5.57. The maximum atomic E-state index is 12.9. The highest BCUT2D eigenvalue weighted by Crippen LogP contribution is 2.19. The van der Waals surface area contributed by atoms with Gasteiger partial charge in [0.2, 0.25) is 0 Å². The topological polar surface area (TPSA) is 50.4 Å². The number of benzene rings is 2. The van der Waals surface area contributed by atoms with Gasteiger partial charge < -0.3 is 15.4 Å². The van der Waals surface area contributed by atoms with Gasteiger partial charge in [-0.25, -0.2) is 4.39 Å². The molecule has 2 N–H and O–H groups in total. The molecule has 1 amide bonds. The summed E-state index contributed by atoms with van der Waals surface area (Å²) in [5, 5.41) is 6.30. The molecule has 1 fully saturated rings. The molecule has 0 bridgehead atoms. The largest absolute Gasteiger partial charge is 0.484 e. The summed E-state index contributed by atoms with van der Waals surface area (Å²) in [6, 6.07) is 14.7. The first kappa shape index (κ1) is 17.4. The summed E-state index contributed by atoms with van der Waals surface area (Å²) in [6.45, 7) is 2.79. The zero-order chi connectivity index (χ0) is 17.6. The lowest BCUT2D eigenvalue weighted by molar-refractivity contribution is -0.123. The second-order valence-corrected chi connectivity index (χ2v) is 6.43. The molecule has 0 aromatic heterocycles. The summed E-state index contributed by atoms with van der Waals surface area (Å²) in [4.78, 5) is 11.6. The standard InChI is InChI=1S/C20H23FN2O2/c1-14(22-12-15-2-6-17(21)7-3-15)16-4-10-19(11-5-16)25-13-20(24)23-18-8-9-18/h2-7,10-11,14,18,22H,8-9,12-13H2,1H3,(H,23,24)/t14-/m1/s1. The van der Waals surface area contributed by atoms with E-state index in [0.717, 1.165) is 24.0 Å². The molecule has 25 heavy (non-hydrogen) atoms. The average molecular weight is 342 g/mol. The van der Waals surface area contributed by atoms with Gasteiger partial charge >= 0.3 is 0 Å². The fraction of sp³-hybridized carbons (Fsp3) is 0.350. The van der Waals surface area contributed by atoms with Crippen molar-refractivity contribution < 1.29 is 13.9 Å². The fourth-order valence-electron chi connectivity index (χ4n) is 2.49. The molecule has 0 unspecified atom stereocenters. The van der Waals surface area contributed by atoms with Crippen molar-refractivity contribution in [2.24, 2.45) is 0 Å². The van der Waals surface area contributed by atoms with Crippen LogP contribution in [-0.4, -0.2) is 18.6 Å². The van der Waals surface area contributed by atoms with Gasteiger partial charge in [-0.15, -0.1) is 0 Å². The lowest BCUT2D eigenvalue weighted by Gasteiger charge is -2.15. The van der Waals surface area contributed by atoms with Crippen LogP contribution in [0, 0.1) is 5.82 Å². The van der Waals surface area contributed by atoms with Gasteiger partial charge in [-0.1, -0.05) is 24.3 Å². The molecule has 0 saturated heterocycles. The van der Waals surface area contributed by atoms with Gasteiger partial charge in [-0.2, -0.15) is 0 Å². The van der Waals surface area contributed by atoms with E-state index in [4.69, 9.17) is 4.74 Å². The monoisotopic (exact) mass is 342 g/mol. The number of carbonyl (C=O) groups excluding carboxylic acids is 1. The molecule has 1 aliphatic rings. The molecule has 1 aliphatic carbocycles. The van der Waals surface area contributed by atoms with Crippen LogP contribution in [0.15, 0.2) is 48.5 Å². The second kappa shape index (κ2) is 8.12. The van der Waals surface area contributed by atoms with E-state index < -0.39 is 0 Å². The van der Waals surface area contributed by atoms with Crippen molar-refractivity contribution in [3.8, 4) is 5.75 Å². The molecular formula is C20H23FN2O2. The summed E-state index contributed by atoms with van der Waals surface area (Å²) in [7, 11) is 0. The number of carbonyl (C=O) groups is 1. The summed E-state index contributed by atoms with van der Waals surface area (Å²) in [5.74, 6) is 0.388. The van der Waals surface area contributed by atoms with Crippen LogP contribution in [0.1, 0.15) is 36.9 Å². The molecule has 0 spiro atoms.